The second-order valence-corrected chi connectivity index (χ2v) is 5.77. The SMILES string of the molecule is CC1(C)OC2C=CC=CC=C2N(OCc2ccccc2)C1=O. The fourth-order valence-electron chi connectivity index (χ4n) is 2.44. The number of hydroxylamine groups is 2. The Morgan fingerprint density at radius 3 is 2.73 bits per heavy atom. The molecule has 114 valence electrons. The third kappa shape index (κ3) is 2.89. The van der Waals surface area contributed by atoms with E-state index in [0.717, 1.165) is 5.56 Å². The largest absolute Gasteiger partial charge is 0.352 e. The summed E-state index contributed by atoms with van der Waals surface area (Å²) in [5.41, 5.74) is 0.787. The van der Waals surface area contributed by atoms with Gasteiger partial charge in [-0.05, 0) is 31.6 Å². The van der Waals surface area contributed by atoms with Crippen LogP contribution in [0.25, 0.3) is 0 Å². The molecule has 4 heteroatoms. The molecule has 0 bridgehead atoms. The number of hydrogen-bond acceptors (Lipinski definition) is 3. The molecule has 1 heterocycles. The van der Waals surface area contributed by atoms with Crippen molar-refractivity contribution in [2.24, 2.45) is 0 Å². The Hall–Kier alpha value is -2.17. The quantitative estimate of drug-likeness (QED) is 0.860. The van der Waals surface area contributed by atoms with E-state index in [2.05, 4.69) is 0 Å². The van der Waals surface area contributed by atoms with Crippen LogP contribution in [-0.2, 0) is 21.0 Å². The number of ether oxygens (including phenoxy) is 1. The fourth-order valence-corrected chi connectivity index (χ4v) is 2.44. The highest BCUT2D eigenvalue weighted by atomic mass is 16.7. The maximum absolute atomic E-state index is 12.6. The summed E-state index contributed by atoms with van der Waals surface area (Å²) in [5.74, 6) is -0.199. The summed E-state index contributed by atoms with van der Waals surface area (Å²) in [5, 5.41) is 1.38. The number of allylic oxidation sites excluding steroid dienone is 4. The average Bonchev–Trinajstić information content (AvgIpc) is 2.73. The summed E-state index contributed by atoms with van der Waals surface area (Å²) in [6.45, 7) is 3.86. The number of nitrogens with zero attached hydrogens (tertiary/aromatic N) is 1. The minimum atomic E-state index is -0.923. The number of morpholine rings is 1. The van der Waals surface area contributed by atoms with E-state index in [0.29, 0.717) is 12.3 Å². The molecule has 1 aliphatic heterocycles. The van der Waals surface area contributed by atoms with Gasteiger partial charge in [0.05, 0.1) is 5.70 Å². The Kier molecular flexibility index (Phi) is 3.96. The molecule has 0 aromatic heterocycles. The number of benzene rings is 1. The number of rotatable bonds is 3. The molecule has 0 radical (unpaired) electrons. The number of hydrogen-bond donors (Lipinski definition) is 0. The number of fused-ring (bicyclic) bond motifs is 1. The summed E-state index contributed by atoms with van der Waals surface area (Å²) < 4.78 is 5.89. The summed E-state index contributed by atoms with van der Waals surface area (Å²) in [4.78, 5) is 18.4. The zero-order valence-electron chi connectivity index (χ0n) is 12.7. The van der Waals surface area contributed by atoms with Gasteiger partial charge in [0.1, 0.15) is 18.3 Å². The smallest absolute Gasteiger partial charge is 0.282 e. The van der Waals surface area contributed by atoms with Crippen LogP contribution < -0.4 is 0 Å². The van der Waals surface area contributed by atoms with Crippen molar-refractivity contribution in [1.29, 1.82) is 0 Å². The lowest BCUT2D eigenvalue weighted by atomic mass is 10.0. The third-order valence-electron chi connectivity index (χ3n) is 3.63. The maximum atomic E-state index is 12.6. The number of carbonyl (C=O) groups excluding carboxylic acids is 1. The van der Waals surface area contributed by atoms with Crippen molar-refractivity contribution in [3.8, 4) is 0 Å². The summed E-state index contributed by atoms with van der Waals surface area (Å²) in [6, 6.07) is 9.78. The van der Waals surface area contributed by atoms with Crippen LogP contribution in [0.1, 0.15) is 19.4 Å². The van der Waals surface area contributed by atoms with Crippen LogP contribution in [0.15, 0.2) is 66.4 Å². The van der Waals surface area contributed by atoms with Gasteiger partial charge in [-0.15, -0.1) is 0 Å². The van der Waals surface area contributed by atoms with Crippen molar-refractivity contribution < 1.29 is 14.4 Å². The monoisotopic (exact) mass is 297 g/mol. The molecule has 1 atom stereocenters. The van der Waals surface area contributed by atoms with E-state index in [-0.39, 0.29) is 12.0 Å². The molecule has 1 unspecified atom stereocenters. The van der Waals surface area contributed by atoms with Gasteiger partial charge < -0.3 is 4.74 Å². The molecule has 22 heavy (non-hydrogen) atoms. The predicted molar refractivity (Wildman–Crippen MR) is 83.4 cm³/mol. The van der Waals surface area contributed by atoms with Crippen LogP contribution in [0.5, 0.6) is 0 Å². The summed E-state index contributed by atoms with van der Waals surface area (Å²) in [7, 11) is 0. The van der Waals surface area contributed by atoms with Crippen LogP contribution in [0.2, 0.25) is 0 Å². The molecule has 1 amide bonds. The van der Waals surface area contributed by atoms with Crippen LogP contribution in [-0.4, -0.2) is 22.7 Å². The van der Waals surface area contributed by atoms with Gasteiger partial charge in [0.2, 0.25) is 0 Å². The molecule has 1 saturated heterocycles. The normalized spacial score (nSPS) is 23.0. The molecule has 1 fully saturated rings. The van der Waals surface area contributed by atoms with Crippen LogP contribution in [0, 0.1) is 0 Å². The zero-order valence-corrected chi connectivity index (χ0v) is 12.7. The molecule has 1 aromatic carbocycles. The van der Waals surface area contributed by atoms with Gasteiger partial charge >= 0.3 is 0 Å². The Balaban J connectivity index is 1.85. The van der Waals surface area contributed by atoms with Gasteiger partial charge in [0.25, 0.3) is 5.91 Å². The van der Waals surface area contributed by atoms with Gasteiger partial charge in [-0.25, -0.2) is 0 Å². The second-order valence-electron chi connectivity index (χ2n) is 5.77. The zero-order chi connectivity index (χ0) is 15.6. The predicted octanol–water partition coefficient (Wildman–Crippen LogP) is 3.13. The van der Waals surface area contributed by atoms with Crippen LogP contribution >= 0.6 is 0 Å². The lowest BCUT2D eigenvalue weighted by Gasteiger charge is -2.41. The first-order chi connectivity index (χ1) is 10.6. The van der Waals surface area contributed by atoms with Crippen molar-refractivity contribution in [1.82, 2.24) is 5.06 Å². The molecule has 0 spiro atoms. The molecular formula is C18H19NO3. The first kappa shape index (κ1) is 14.8. The molecule has 1 aromatic rings. The highest BCUT2D eigenvalue weighted by Crippen LogP contribution is 2.31. The van der Waals surface area contributed by atoms with Crippen molar-refractivity contribution in [3.63, 3.8) is 0 Å². The maximum Gasteiger partial charge on any atom is 0.282 e. The third-order valence-corrected chi connectivity index (χ3v) is 3.63. The highest BCUT2D eigenvalue weighted by Gasteiger charge is 2.44. The molecule has 0 saturated carbocycles. The minimum absolute atomic E-state index is 0.199. The minimum Gasteiger partial charge on any atom is -0.352 e. The Morgan fingerprint density at radius 1 is 1.18 bits per heavy atom. The van der Waals surface area contributed by atoms with Gasteiger partial charge in [-0.2, -0.15) is 5.06 Å². The van der Waals surface area contributed by atoms with Gasteiger partial charge in [-0.1, -0.05) is 48.6 Å². The molecule has 4 nitrogen and oxygen atoms in total. The highest BCUT2D eigenvalue weighted by molar-refractivity contribution is 5.86. The van der Waals surface area contributed by atoms with E-state index in [1.807, 2.05) is 60.7 Å². The fraction of sp³-hybridized carbons (Fsp3) is 0.278. The van der Waals surface area contributed by atoms with Crippen LogP contribution in [0.3, 0.4) is 0 Å². The van der Waals surface area contributed by atoms with Gasteiger partial charge in [-0.3, -0.25) is 9.63 Å². The molecule has 0 N–H and O–H groups in total. The van der Waals surface area contributed by atoms with E-state index in [1.54, 1.807) is 13.8 Å². The van der Waals surface area contributed by atoms with E-state index >= 15 is 0 Å². The van der Waals surface area contributed by atoms with Crippen molar-refractivity contribution >= 4 is 5.91 Å². The Morgan fingerprint density at radius 2 is 1.95 bits per heavy atom. The lowest BCUT2D eigenvalue weighted by molar-refractivity contribution is -0.223. The Bertz CT molecular complexity index is 644. The second kappa shape index (κ2) is 5.91. The lowest BCUT2D eigenvalue weighted by Crippen LogP contribution is -2.55. The van der Waals surface area contributed by atoms with E-state index in [9.17, 15) is 4.79 Å². The van der Waals surface area contributed by atoms with Gasteiger partial charge in [0, 0.05) is 0 Å². The topological polar surface area (TPSA) is 38.8 Å². The Labute approximate surface area is 130 Å². The number of amides is 1. The van der Waals surface area contributed by atoms with E-state index in [1.165, 1.54) is 5.06 Å². The first-order valence-corrected chi connectivity index (χ1v) is 7.32. The number of carbonyl (C=O) groups is 1. The molecular weight excluding hydrogens is 278 g/mol. The van der Waals surface area contributed by atoms with E-state index < -0.39 is 5.60 Å². The van der Waals surface area contributed by atoms with E-state index in [4.69, 9.17) is 9.57 Å². The average molecular weight is 297 g/mol. The van der Waals surface area contributed by atoms with Crippen LogP contribution in [0.4, 0.5) is 0 Å². The van der Waals surface area contributed by atoms with Crippen molar-refractivity contribution in [3.05, 3.63) is 72.0 Å². The summed E-state index contributed by atoms with van der Waals surface area (Å²) >= 11 is 0. The summed E-state index contributed by atoms with van der Waals surface area (Å²) in [6.07, 6.45) is 9.17. The molecule has 2 aliphatic rings. The van der Waals surface area contributed by atoms with Crippen molar-refractivity contribution in [2.45, 2.75) is 32.2 Å². The molecule has 1 aliphatic carbocycles. The molecule has 3 rings (SSSR count). The van der Waals surface area contributed by atoms with Crippen molar-refractivity contribution in [2.75, 3.05) is 0 Å². The first-order valence-electron chi connectivity index (χ1n) is 7.32. The standard InChI is InChI=1S/C18H19NO3/c1-18(2)17(20)19(21-13-14-9-5-3-6-10-14)15-11-7-4-8-12-16(15)22-18/h3-12,16H,13H2,1-2H3. The van der Waals surface area contributed by atoms with Gasteiger partial charge in [0.15, 0.2) is 0 Å².